The van der Waals surface area contributed by atoms with E-state index in [2.05, 4.69) is 28.1 Å². The molecule has 0 aliphatic heterocycles. The maximum atomic E-state index is 13.0. The number of aromatic nitrogens is 1. The van der Waals surface area contributed by atoms with Crippen molar-refractivity contribution in [2.75, 3.05) is 20.7 Å². The number of hydrogen-bond acceptors (Lipinski definition) is 4. The van der Waals surface area contributed by atoms with E-state index >= 15 is 0 Å². The van der Waals surface area contributed by atoms with Gasteiger partial charge < -0.3 is 19.3 Å². The summed E-state index contributed by atoms with van der Waals surface area (Å²) in [6, 6.07) is 12.0. The van der Waals surface area contributed by atoms with Gasteiger partial charge in [-0.2, -0.15) is 0 Å². The predicted octanol–water partition coefficient (Wildman–Crippen LogP) is 3.76. The lowest BCUT2D eigenvalue weighted by Gasteiger charge is -2.13. The monoisotopic (exact) mass is 477 g/mol. The molecule has 7 heteroatoms. The number of aryl methyl sites for hydroxylation is 1. The Morgan fingerprint density at radius 1 is 1.28 bits per heavy atom. The summed E-state index contributed by atoms with van der Waals surface area (Å²) in [5.41, 5.74) is 3.09. The van der Waals surface area contributed by atoms with Gasteiger partial charge in [0, 0.05) is 28.8 Å². The molecule has 3 aromatic rings. The van der Waals surface area contributed by atoms with E-state index in [4.69, 9.17) is 4.74 Å². The average Bonchev–Trinajstić information content (AvgIpc) is 2.96. The highest BCUT2D eigenvalue weighted by atomic mass is 79.9. The molecule has 2 aromatic carbocycles. The van der Waals surface area contributed by atoms with Crippen LogP contribution in [0.5, 0.6) is 5.75 Å². The van der Waals surface area contributed by atoms with Crippen LogP contribution < -0.4 is 4.90 Å². The summed E-state index contributed by atoms with van der Waals surface area (Å²) < 4.78 is 8.07. The Bertz CT molecular complexity index is 1030. The Kier molecular flexibility index (Phi) is 6.93. The number of phenols is 1. The van der Waals surface area contributed by atoms with Crippen molar-refractivity contribution in [3.63, 3.8) is 0 Å². The molecular formula is C22H26BrN2O3S+. The van der Waals surface area contributed by atoms with Crippen LogP contribution in [0.15, 0.2) is 45.8 Å². The summed E-state index contributed by atoms with van der Waals surface area (Å²) in [5.74, 6) is 0.450. The van der Waals surface area contributed by atoms with E-state index in [1.807, 2.05) is 50.0 Å². The highest BCUT2D eigenvalue weighted by Gasteiger charge is 2.28. The zero-order valence-electron chi connectivity index (χ0n) is 17.1. The SMILES string of the molecule is CCOC(=O)c1c(CSc2ccccc2)n(C)c2cc(Br)c(O)c(C[NH+](C)C)c12. The maximum Gasteiger partial charge on any atom is 0.340 e. The number of nitrogens with zero attached hydrogens (tertiary/aromatic N) is 1. The number of nitrogens with one attached hydrogen (secondary N) is 1. The second-order valence-corrected chi connectivity index (χ2v) is 9.07. The molecule has 1 heterocycles. The number of halogens is 1. The predicted molar refractivity (Wildman–Crippen MR) is 121 cm³/mol. The van der Waals surface area contributed by atoms with E-state index in [0.29, 0.717) is 28.9 Å². The fraction of sp³-hybridized carbons (Fsp3) is 0.318. The third-order valence-corrected chi connectivity index (χ3v) is 6.39. The summed E-state index contributed by atoms with van der Waals surface area (Å²) in [6.45, 7) is 2.70. The molecule has 154 valence electrons. The van der Waals surface area contributed by atoms with E-state index in [0.717, 1.165) is 32.0 Å². The van der Waals surface area contributed by atoms with Gasteiger partial charge >= 0.3 is 5.97 Å². The van der Waals surface area contributed by atoms with Crippen LogP contribution in [0.4, 0.5) is 0 Å². The Labute approximate surface area is 183 Å². The largest absolute Gasteiger partial charge is 0.506 e. The number of esters is 1. The topological polar surface area (TPSA) is 55.9 Å². The molecule has 29 heavy (non-hydrogen) atoms. The summed E-state index contributed by atoms with van der Waals surface area (Å²) in [5, 5.41) is 11.5. The first-order valence-electron chi connectivity index (χ1n) is 9.50. The van der Waals surface area contributed by atoms with Crippen molar-refractivity contribution in [2.24, 2.45) is 7.05 Å². The first-order chi connectivity index (χ1) is 13.8. The zero-order valence-corrected chi connectivity index (χ0v) is 19.5. The lowest BCUT2D eigenvalue weighted by atomic mass is 10.0. The van der Waals surface area contributed by atoms with E-state index in [1.54, 1.807) is 18.7 Å². The highest BCUT2D eigenvalue weighted by Crippen LogP contribution is 2.40. The minimum Gasteiger partial charge on any atom is -0.506 e. The van der Waals surface area contributed by atoms with Crippen molar-refractivity contribution in [1.29, 1.82) is 0 Å². The van der Waals surface area contributed by atoms with Crippen LogP contribution in [0.2, 0.25) is 0 Å². The minimum atomic E-state index is -0.349. The lowest BCUT2D eigenvalue weighted by molar-refractivity contribution is -0.872. The first-order valence-corrected chi connectivity index (χ1v) is 11.3. The molecule has 1 aromatic heterocycles. The van der Waals surface area contributed by atoms with Crippen LogP contribution in [0, 0.1) is 0 Å². The summed E-state index contributed by atoms with van der Waals surface area (Å²) in [4.78, 5) is 15.3. The number of quaternary nitrogens is 1. The molecular weight excluding hydrogens is 452 g/mol. The van der Waals surface area contributed by atoms with E-state index in [1.165, 1.54) is 0 Å². The Morgan fingerprint density at radius 2 is 1.97 bits per heavy atom. The van der Waals surface area contributed by atoms with Gasteiger partial charge in [0.25, 0.3) is 0 Å². The highest BCUT2D eigenvalue weighted by molar-refractivity contribution is 9.10. The number of carbonyl (C=O) groups is 1. The maximum absolute atomic E-state index is 13.0. The van der Waals surface area contributed by atoms with E-state index in [-0.39, 0.29) is 11.7 Å². The molecule has 0 atom stereocenters. The normalized spacial score (nSPS) is 11.4. The van der Waals surface area contributed by atoms with Gasteiger partial charge in [0.15, 0.2) is 0 Å². The number of hydrogen-bond donors (Lipinski definition) is 2. The lowest BCUT2D eigenvalue weighted by Crippen LogP contribution is -3.04. The molecule has 0 saturated carbocycles. The van der Waals surface area contributed by atoms with Gasteiger partial charge in [-0.1, -0.05) is 18.2 Å². The molecule has 0 spiro atoms. The number of thioether (sulfide) groups is 1. The van der Waals surface area contributed by atoms with E-state index < -0.39 is 0 Å². The van der Waals surface area contributed by atoms with Crippen LogP contribution in [0.1, 0.15) is 28.5 Å². The van der Waals surface area contributed by atoms with Gasteiger partial charge in [-0.25, -0.2) is 4.79 Å². The minimum absolute atomic E-state index is 0.178. The van der Waals surface area contributed by atoms with Gasteiger partial charge in [-0.05, 0) is 41.1 Å². The molecule has 0 aliphatic carbocycles. The van der Waals surface area contributed by atoms with Crippen molar-refractivity contribution in [3.05, 3.63) is 57.7 Å². The Morgan fingerprint density at radius 3 is 2.59 bits per heavy atom. The number of carbonyl (C=O) groups excluding carboxylic acids is 1. The second kappa shape index (κ2) is 9.24. The number of aromatic hydroxyl groups is 1. The molecule has 0 radical (unpaired) electrons. The Balaban J connectivity index is 2.22. The smallest absolute Gasteiger partial charge is 0.340 e. The molecule has 3 rings (SSSR count). The third kappa shape index (κ3) is 4.47. The summed E-state index contributed by atoms with van der Waals surface area (Å²) in [7, 11) is 6.00. The van der Waals surface area contributed by atoms with Crippen molar-refractivity contribution in [2.45, 2.75) is 24.1 Å². The molecule has 0 fully saturated rings. The van der Waals surface area contributed by atoms with Crippen molar-refractivity contribution in [3.8, 4) is 5.75 Å². The van der Waals surface area contributed by atoms with Crippen LogP contribution in [0.25, 0.3) is 10.9 Å². The molecule has 0 saturated heterocycles. The van der Waals surface area contributed by atoms with Gasteiger partial charge in [-0.15, -0.1) is 11.8 Å². The Hall–Kier alpha value is -1.96. The molecule has 0 bridgehead atoms. The molecule has 0 amide bonds. The standard InChI is InChI=1S/C22H25BrN2O3S/c1-5-28-22(27)20-18(13-29-14-9-7-6-8-10-14)25(4)17-11-16(23)21(26)15(19(17)20)12-24(2)3/h6-11,26H,5,12-13H2,1-4H3/p+1. The van der Waals surface area contributed by atoms with Crippen molar-refractivity contribution < 1.29 is 19.5 Å². The third-order valence-electron chi connectivity index (χ3n) is 4.77. The van der Waals surface area contributed by atoms with Crippen LogP contribution in [0.3, 0.4) is 0 Å². The molecule has 2 N–H and O–H groups in total. The van der Waals surface area contributed by atoms with Gasteiger partial charge in [0.2, 0.25) is 0 Å². The fourth-order valence-corrected chi connectivity index (χ4v) is 4.91. The van der Waals surface area contributed by atoms with Crippen molar-refractivity contribution >= 4 is 44.6 Å². The summed E-state index contributed by atoms with van der Waals surface area (Å²) >= 11 is 5.15. The number of phenolic OH excluding ortho intramolecular Hbond substituents is 1. The van der Waals surface area contributed by atoms with Crippen molar-refractivity contribution in [1.82, 2.24) is 4.57 Å². The van der Waals surface area contributed by atoms with Gasteiger partial charge in [0.05, 0.1) is 41.8 Å². The van der Waals surface area contributed by atoms with E-state index in [9.17, 15) is 9.90 Å². The average molecular weight is 478 g/mol. The summed E-state index contributed by atoms with van der Waals surface area (Å²) in [6.07, 6.45) is 0. The fourth-order valence-electron chi connectivity index (χ4n) is 3.46. The second-order valence-electron chi connectivity index (χ2n) is 7.17. The van der Waals surface area contributed by atoms with Crippen LogP contribution >= 0.6 is 27.7 Å². The molecule has 5 nitrogen and oxygen atoms in total. The number of ether oxygens (including phenoxy) is 1. The zero-order chi connectivity index (χ0) is 21.1. The first kappa shape index (κ1) is 21.7. The molecule has 0 unspecified atom stereocenters. The number of rotatable bonds is 7. The quantitative estimate of drug-likeness (QED) is 0.401. The van der Waals surface area contributed by atoms with Gasteiger partial charge in [0.1, 0.15) is 12.3 Å². The molecule has 0 aliphatic rings. The van der Waals surface area contributed by atoms with Gasteiger partial charge in [-0.3, -0.25) is 0 Å². The van der Waals surface area contributed by atoms with Crippen LogP contribution in [-0.2, 0) is 24.1 Å². The number of benzene rings is 2. The number of fused-ring (bicyclic) bond motifs is 1. The van der Waals surface area contributed by atoms with Crippen LogP contribution in [-0.4, -0.2) is 36.3 Å².